The predicted molar refractivity (Wildman–Crippen MR) is 227 cm³/mol. The first-order valence-electron chi connectivity index (χ1n) is 18.7. The Kier molecular flexibility index (Phi) is 7.42. The van der Waals surface area contributed by atoms with Gasteiger partial charge in [0.2, 0.25) is 0 Å². The number of hydrogen-bond donors (Lipinski definition) is 0. The van der Waals surface area contributed by atoms with Gasteiger partial charge in [0.15, 0.2) is 17.5 Å². The molecule has 0 bridgehead atoms. The van der Waals surface area contributed by atoms with Gasteiger partial charge in [0.1, 0.15) is 22.3 Å². The number of nitrogens with zero attached hydrogens (tertiary/aromatic N) is 3. The van der Waals surface area contributed by atoms with E-state index < -0.39 is 0 Å². The smallest absolute Gasteiger partial charge is 0.167 e. The first kappa shape index (κ1) is 31.9. The van der Waals surface area contributed by atoms with Gasteiger partial charge in [-0.3, -0.25) is 0 Å². The summed E-state index contributed by atoms with van der Waals surface area (Å²) in [6, 6.07) is 64.7. The maximum Gasteiger partial charge on any atom is 0.167 e. The molecule has 0 fully saturated rings. The molecule has 0 N–H and O–H groups in total. The molecule has 0 spiro atoms. The summed E-state index contributed by atoms with van der Waals surface area (Å²) in [5.41, 5.74) is 12.4. The van der Waals surface area contributed by atoms with E-state index in [1.54, 1.807) is 0 Å². The van der Waals surface area contributed by atoms with E-state index >= 15 is 0 Å². The minimum Gasteiger partial charge on any atom is -0.456 e. The van der Waals surface area contributed by atoms with Crippen molar-refractivity contribution in [2.75, 3.05) is 0 Å². The topological polar surface area (TPSA) is 65.0 Å². The van der Waals surface area contributed by atoms with Crippen LogP contribution < -0.4 is 0 Å². The average Bonchev–Trinajstić information content (AvgIpc) is 3.83. The molecule has 3 heterocycles. The molecule has 0 aliphatic carbocycles. The van der Waals surface area contributed by atoms with Gasteiger partial charge in [0.25, 0.3) is 0 Å². The van der Waals surface area contributed by atoms with Crippen LogP contribution in [0.3, 0.4) is 0 Å². The zero-order valence-corrected chi connectivity index (χ0v) is 30.1. The second kappa shape index (κ2) is 13.0. The summed E-state index contributed by atoms with van der Waals surface area (Å²) < 4.78 is 12.9. The van der Waals surface area contributed by atoms with Gasteiger partial charge in [-0.1, -0.05) is 146 Å². The molecule has 8 aromatic carbocycles. The highest BCUT2D eigenvalue weighted by Gasteiger charge is 2.20. The monoisotopic (exact) mass is 717 g/mol. The Balaban J connectivity index is 1.09. The van der Waals surface area contributed by atoms with Crippen LogP contribution in [-0.4, -0.2) is 15.0 Å². The second-order valence-electron chi connectivity index (χ2n) is 14.0. The standard InChI is InChI=1S/C51H31N3O2/c1-3-13-32(14-4-1)34-17-9-19-36(27-34)37-20-11-22-39(29-37)50-52-49(38-21-10-18-35(28-38)33-15-5-2-6-16-33)53-51(54-50)42-25-12-24-41-44-30-43-40-23-7-8-26-45(40)55-46(43)31-47(44)56-48(41)42/h1-31H. The largest absolute Gasteiger partial charge is 0.456 e. The van der Waals surface area contributed by atoms with E-state index in [0.717, 1.165) is 82.8 Å². The molecule has 0 saturated carbocycles. The number of fused-ring (bicyclic) bond motifs is 6. The molecule has 0 aliphatic rings. The van der Waals surface area contributed by atoms with Crippen LogP contribution in [0.25, 0.3) is 111 Å². The van der Waals surface area contributed by atoms with Crippen LogP contribution >= 0.6 is 0 Å². The maximum atomic E-state index is 6.67. The molecule has 5 heteroatoms. The fourth-order valence-electron chi connectivity index (χ4n) is 7.76. The normalized spacial score (nSPS) is 11.6. The van der Waals surface area contributed by atoms with Crippen molar-refractivity contribution in [2.45, 2.75) is 0 Å². The summed E-state index contributed by atoms with van der Waals surface area (Å²) in [7, 11) is 0. The van der Waals surface area contributed by atoms with Gasteiger partial charge in [-0.2, -0.15) is 0 Å². The quantitative estimate of drug-likeness (QED) is 0.171. The number of hydrogen-bond acceptors (Lipinski definition) is 5. The molecular formula is C51H31N3O2. The molecule has 0 atom stereocenters. The van der Waals surface area contributed by atoms with E-state index in [4.69, 9.17) is 23.8 Å². The van der Waals surface area contributed by atoms with Gasteiger partial charge in [0.05, 0.1) is 5.56 Å². The zero-order valence-electron chi connectivity index (χ0n) is 30.1. The Bertz CT molecular complexity index is 3250. The highest BCUT2D eigenvalue weighted by molar-refractivity contribution is 6.16. The van der Waals surface area contributed by atoms with E-state index in [-0.39, 0.29) is 0 Å². The van der Waals surface area contributed by atoms with Gasteiger partial charge in [-0.25, -0.2) is 15.0 Å². The van der Waals surface area contributed by atoms with Crippen LogP contribution in [0.2, 0.25) is 0 Å². The molecule has 0 saturated heterocycles. The lowest BCUT2D eigenvalue weighted by Gasteiger charge is -2.11. The number of aromatic nitrogens is 3. The van der Waals surface area contributed by atoms with Crippen LogP contribution in [0.1, 0.15) is 0 Å². The fourth-order valence-corrected chi connectivity index (χ4v) is 7.76. The average molecular weight is 718 g/mol. The Morgan fingerprint density at radius 2 is 0.714 bits per heavy atom. The summed E-state index contributed by atoms with van der Waals surface area (Å²) in [6.45, 7) is 0. The number of furan rings is 2. The Morgan fingerprint density at radius 1 is 0.268 bits per heavy atom. The lowest BCUT2D eigenvalue weighted by molar-refractivity contribution is 0.656. The molecule has 11 rings (SSSR count). The van der Waals surface area contributed by atoms with Crippen molar-refractivity contribution in [3.05, 3.63) is 188 Å². The van der Waals surface area contributed by atoms with Crippen molar-refractivity contribution < 1.29 is 8.83 Å². The van der Waals surface area contributed by atoms with Crippen LogP contribution in [-0.2, 0) is 0 Å². The zero-order chi connectivity index (χ0) is 37.0. The molecule has 262 valence electrons. The SMILES string of the molecule is c1ccc(-c2cccc(-c3cccc(-c4nc(-c5cccc(-c6ccccc6)c5)nc(-c5cccc6c5oc5cc7oc8ccccc8c7cc56)n4)c3)c2)cc1. The molecule has 5 nitrogen and oxygen atoms in total. The van der Waals surface area contributed by atoms with E-state index in [1.807, 2.05) is 48.5 Å². The molecule has 0 radical (unpaired) electrons. The summed E-state index contributed by atoms with van der Waals surface area (Å²) in [6.07, 6.45) is 0. The molecular weight excluding hydrogens is 687 g/mol. The summed E-state index contributed by atoms with van der Waals surface area (Å²) in [4.78, 5) is 15.5. The van der Waals surface area contributed by atoms with Gasteiger partial charge in [-0.15, -0.1) is 0 Å². The Labute approximate surface area is 322 Å². The van der Waals surface area contributed by atoms with Crippen molar-refractivity contribution in [1.29, 1.82) is 0 Å². The van der Waals surface area contributed by atoms with Gasteiger partial charge >= 0.3 is 0 Å². The van der Waals surface area contributed by atoms with Crippen molar-refractivity contribution in [3.63, 3.8) is 0 Å². The molecule has 0 unspecified atom stereocenters. The van der Waals surface area contributed by atoms with Gasteiger partial charge in [-0.05, 0) is 69.8 Å². The fraction of sp³-hybridized carbons (Fsp3) is 0. The molecule has 3 aromatic heterocycles. The summed E-state index contributed by atoms with van der Waals surface area (Å²) in [5, 5.41) is 4.13. The van der Waals surface area contributed by atoms with E-state index in [0.29, 0.717) is 23.1 Å². The third kappa shape index (κ3) is 5.53. The summed E-state index contributed by atoms with van der Waals surface area (Å²) >= 11 is 0. The third-order valence-corrected chi connectivity index (χ3v) is 10.5. The Hall–Kier alpha value is -7.63. The number of rotatable bonds is 6. The maximum absolute atomic E-state index is 6.67. The third-order valence-electron chi connectivity index (χ3n) is 10.5. The Morgan fingerprint density at radius 3 is 1.36 bits per heavy atom. The molecule has 11 aromatic rings. The van der Waals surface area contributed by atoms with E-state index in [1.165, 1.54) is 5.56 Å². The van der Waals surface area contributed by atoms with Crippen LogP contribution in [0.15, 0.2) is 197 Å². The summed E-state index contributed by atoms with van der Waals surface area (Å²) in [5.74, 6) is 1.69. The lowest BCUT2D eigenvalue weighted by atomic mass is 9.98. The van der Waals surface area contributed by atoms with Crippen LogP contribution in [0.4, 0.5) is 0 Å². The van der Waals surface area contributed by atoms with Gasteiger partial charge in [0, 0.05) is 38.7 Å². The first-order valence-corrected chi connectivity index (χ1v) is 18.7. The minimum atomic E-state index is 0.533. The van der Waals surface area contributed by atoms with Crippen molar-refractivity contribution in [3.8, 4) is 67.5 Å². The van der Waals surface area contributed by atoms with E-state index in [2.05, 4.69) is 140 Å². The highest BCUT2D eigenvalue weighted by Crippen LogP contribution is 2.40. The predicted octanol–water partition coefficient (Wildman–Crippen LogP) is 13.7. The van der Waals surface area contributed by atoms with Crippen molar-refractivity contribution in [2.24, 2.45) is 0 Å². The van der Waals surface area contributed by atoms with Gasteiger partial charge < -0.3 is 8.83 Å². The minimum absolute atomic E-state index is 0.533. The highest BCUT2D eigenvalue weighted by atomic mass is 16.3. The first-order chi connectivity index (χ1) is 27.7. The van der Waals surface area contributed by atoms with Crippen LogP contribution in [0.5, 0.6) is 0 Å². The van der Waals surface area contributed by atoms with Crippen molar-refractivity contribution in [1.82, 2.24) is 15.0 Å². The number of para-hydroxylation sites is 2. The number of benzene rings is 8. The molecule has 56 heavy (non-hydrogen) atoms. The second-order valence-corrected chi connectivity index (χ2v) is 14.0. The van der Waals surface area contributed by atoms with E-state index in [9.17, 15) is 0 Å². The van der Waals surface area contributed by atoms with Crippen LogP contribution in [0, 0.1) is 0 Å². The molecule has 0 amide bonds. The van der Waals surface area contributed by atoms with Crippen molar-refractivity contribution >= 4 is 43.9 Å². The molecule has 0 aliphatic heterocycles. The lowest BCUT2D eigenvalue weighted by Crippen LogP contribution is -2.00.